The van der Waals surface area contributed by atoms with Crippen molar-refractivity contribution in [3.05, 3.63) is 52.7 Å². The number of ketones is 2. The highest BCUT2D eigenvalue weighted by Crippen LogP contribution is 2.26. The highest BCUT2D eigenvalue weighted by Gasteiger charge is 2.19. The first-order valence-electron chi connectivity index (χ1n) is 6.22. The van der Waals surface area contributed by atoms with Gasteiger partial charge in [-0.15, -0.1) is 0 Å². The Kier molecular flexibility index (Phi) is 5.00. The molecule has 114 valence electrons. The van der Waals surface area contributed by atoms with Crippen LogP contribution in [0.25, 0.3) is 0 Å². The average Bonchev–Trinajstić information content (AvgIpc) is 2.95. The number of hydrogen-bond acceptors (Lipinski definition) is 5. The van der Waals surface area contributed by atoms with Gasteiger partial charge < -0.3 is 9.84 Å². The third-order valence-corrected chi connectivity index (χ3v) is 3.75. The minimum absolute atomic E-state index is 0.211. The molecule has 1 aromatic heterocycles. The molecule has 7 heteroatoms. The van der Waals surface area contributed by atoms with Gasteiger partial charge in [0.1, 0.15) is 12.4 Å². The molecule has 22 heavy (non-hydrogen) atoms. The molecule has 0 spiro atoms. The van der Waals surface area contributed by atoms with Crippen LogP contribution in [0.2, 0.25) is 0 Å². The van der Waals surface area contributed by atoms with E-state index in [9.17, 15) is 18.8 Å². The SMILES string of the molecule is O=C(O)C(=O)CC(=O)c1ccc(OCc2ccc(F)cc2)s1. The van der Waals surface area contributed by atoms with Crippen molar-refractivity contribution in [2.45, 2.75) is 13.0 Å². The normalized spacial score (nSPS) is 10.2. The summed E-state index contributed by atoms with van der Waals surface area (Å²) in [5.74, 6) is -3.67. The van der Waals surface area contributed by atoms with Gasteiger partial charge in [0.2, 0.25) is 5.78 Å². The predicted octanol–water partition coefficient (Wildman–Crippen LogP) is 2.69. The maximum Gasteiger partial charge on any atom is 0.372 e. The van der Waals surface area contributed by atoms with Gasteiger partial charge in [-0.1, -0.05) is 23.5 Å². The molecule has 0 amide bonds. The summed E-state index contributed by atoms with van der Waals surface area (Å²) < 4.78 is 18.2. The minimum Gasteiger partial charge on any atom is -0.479 e. The molecule has 0 saturated carbocycles. The number of rotatable bonds is 7. The van der Waals surface area contributed by atoms with Crippen molar-refractivity contribution >= 4 is 28.9 Å². The molecule has 0 aliphatic carbocycles. The maximum atomic E-state index is 12.8. The highest BCUT2D eigenvalue weighted by atomic mass is 32.1. The Hall–Kier alpha value is -2.54. The molecule has 0 radical (unpaired) electrons. The maximum absolute atomic E-state index is 12.8. The molecule has 1 heterocycles. The number of carbonyl (C=O) groups is 3. The summed E-state index contributed by atoms with van der Waals surface area (Å²) in [5, 5.41) is 8.92. The standard InChI is InChI=1S/C15H11FO5S/c16-10-3-1-9(2-4-10)8-21-14-6-5-13(22-14)11(17)7-12(18)15(19)20/h1-6H,7-8H2,(H,19,20). The zero-order valence-electron chi connectivity index (χ0n) is 11.2. The summed E-state index contributed by atoms with van der Waals surface area (Å²) in [6, 6.07) is 8.84. The quantitative estimate of drug-likeness (QED) is 0.481. The number of benzene rings is 1. The summed E-state index contributed by atoms with van der Waals surface area (Å²) in [6.45, 7) is 0.211. The Bertz CT molecular complexity index is 705. The first kappa shape index (κ1) is 15.8. The number of aliphatic carboxylic acids is 1. The topological polar surface area (TPSA) is 80.7 Å². The van der Waals surface area contributed by atoms with Crippen molar-refractivity contribution in [1.29, 1.82) is 0 Å². The van der Waals surface area contributed by atoms with Crippen molar-refractivity contribution < 1.29 is 28.6 Å². The van der Waals surface area contributed by atoms with Gasteiger partial charge in [-0.2, -0.15) is 0 Å². The summed E-state index contributed by atoms with van der Waals surface area (Å²) in [5.41, 5.74) is 0.767. The van der Waals surface area contributed by atoms with Crippen LogP contribution in [-0.2, 0) is 16.2 Å². The van der Waals surface area contributed by atoms with Gasteiger partial charge in [-0.25, -0.2) is 9.18 Å². The van der Waals surface area contributed by atoms with E-state index < -0.39 is 24.0 Å². The van der Waals surface area contributed by atoms with E-state index in [-0.39, 0.29) is 17.3 Å². The fourth-order valence-corrected chi connectivity index (χ4v) is 2.38. The van der Waals surface area contributed by atoms with E-state index in [0.29, 0.717) is 5.06 Å². The van der Waals surface area contributed by atoms with Crippen molar-refractivity contribution in [2.75, 3.05) is 0 Å². The Morgan fingerprint density at radius 2 is 1.77 bits per heavy atom. The van der Waals surface area contributed by atoms with Crippen LogP contribution in [0.15, 0.2) is 36.4 Å². The minimum atomic E-state index is -1.63. The fourth-order valence-electron chi connectivity index (χ4n) is 1.59. The Labute approximate surface area is 129 Å². The molecule has 0 fully saturated rings. The first-order chi connectivity index (χ1) is 10.5. The molecule has 1 N–H and O–H groups in total. The van der Waals surface area contributed by atoms with Crippen LogP contribution in [0.3, 0.4) is 0 Å². The van der Waals surface area contributed by atoms with Gasteiger partial charge in [0, 0.05) is 0 Å². The van der Waals surface area contributed by atoms with Crippen LogP contribution >= 0.6 is 11.3 Å². The average molecular weight is 322 g/mol. The van der Waals surface area contributed by atoms with Crippen LogP contribution in [0.5, 0.6) is 5.06 Å². The van der Waals surface area contributed by atoms with Crippen LogP contribution in [-0.4, -0.2) is 22.6 Å². The van der Waals surface area contributed by atoms with Crippen LogP contribution in [0.1, 0.15) is 21.7 Å². The van der Waals surface area contributed by atoms with Gasteiger partial charge in [-0.05, 0) is 29.8 Å². The zero-order chi connectivity index (χ0) is 16.1. The van der Waals surface area contributed by atoms with Gasteiger partial charge in [-0.3, -0.25) is 9.59 Å². The summed E-state index contributed by atoms with van der Waals surface area (Å²) in [7, 11) is 0. The molecule has 2 aromatic rings. The van der Waals surface area contributed by atoms with Gasteiger partial charge >= 0.3 is 5.97 Å². The van der Waals surface area contributed by atoms with E-state index in [1.165, 1.54) is 18.2 Å². The number of carboxylic acid groups (broad SMARTS) is 1. The number of hydrogen-bond donors (Lipinski definition) is 1. The summed E-state index contributed by atoms with van der Waals surface area (Å²) in [4.78, 5) is 33.4. The summed E-state index contributed by atoms with van der Waals surface area (Å²) >= 11 is 1.03. The predicted molar refractivity (Wildman–Crippen MR) is 76.6 cm³/mol. The Morgan fingerprint density at radius 1 is 1.09 bits per heavy atom. The number of carbonyl (C=O) groups excluding carboxylic acids is 2. The fraction of sp³-hybridized carbons (Fsp3) is 0.133. The molecular formula is C15H11FO5S. The molecule has 5 nitrogen and oxygen atoms in total. The van der Waals surface area contributed by atoms with E-state index in [2.05, 4.69) is 0 Å². The second kappa shape index (κ2) is 6.95. The van der Waals surface area contributed by atoms with E-state index in [4.69, 9.17) is 9.84 Å². The van der Waals surface area contributed by atoms with Crippen molar-refractivity contribution in [2.24, 2.45) is 0 Å². The number of carboxylic acids is 1. The third kappa shape index (κ3) is 4.23. The zero-order valence-corrected chi connectivity index (χ0v) is 12.1. The molecule has 2 rings (SSSR count). The van der Waals surface area contributed by atoms with E-state index in [1.54, 1.807) is 18.2 Å². The molecule has 1 aromatic carbocycles. The van der Waals surface area contributed by atoms with Crippen molar-refractivity contribution in [1.82, 2.24) is 0 Å². The second-order valence-electron chi connectivity index (χ2n) is 4.36. The van der Waals surface area contributed by atoms with Crippen LogP contribution < -0.4 is 4.74 Å². The third-order valence-electron chi connectivity index (χ3n) is 2.71. The van der Waals surface area contributed by atoms with E-state index >= 15 is 0 Å². The smallest absolute Gasteiger partial charge is 0.372 e. The number of thiophene rings is 1. The lowest BCUT2D eigenvalue weighted by Crippen LogP contribution is -2.16. The molecule has 0 saturated heterocycles. The lowest BCUT2D eigenvalue weighted by atomic mass is 10.2. The molecule has 0 unspecified atom stereocenters. The number of ether oxygens (including phenoxy) is 1. The van der Waals surface area contributed by atoms with Crippen molar-refractivity contribution in [3.63, 3.8) is 0 Å². The molecule has 0 aliphatic heterocycles. The Morgan fingerprint density at radius 3 is 2.41 bits per heavy atom. The van der Waals surface area contributed by atoms with E-state index in [0.717, 1.165) is 16.9 Å². The molecule has 0 aliphatic rings. The largest absolute Gasteiger partial charge is 0.479 e. The number of Topliss-reactive ketones (excluding diaryl/α,β-unsaturated/α-hetero) is 2. The first-order valence-corrected chi connectivity index (χ1v) is 7.04. The lowest BCUT2D eigenvalue weighted by Gasteiger charge is -2.03. The summed E-state index contributed by atoms with van der Waals surface area (Å²) in [6.07, 6.45) is -0.673. The van der Waals surface area contributed by atoms with Crippen molar-refractivity contribution in [3.8, 4) is 5.06 Å². The highest BCUT2D eigenvalue weighted by molar-refractivity contribution is 7.15. The van der Waals surface area contributed by atoms with Gasteiger partial charge in [0.15, 0.2) is 10.8 Å². The molecular weight excluding hydrogens is 311 g/mol. The second-order valence-corrected chi connectivity index (χ2v) is 5.41. The van der Waals surface area contributed by atoms with E-state index in [1.807, 2.05) is 0 Å². The number of halogens is 1. The van der Waals surface area contributed by atoms with Gasteiger partial charge in [0.05, 0.1) is 11.3 Å². The molecule has 0 bridgehead atoms. The van der Waals surface area contributed by atoms with Crippen LogP contribution in [0, 0.1) is 5.82 Å². The molecule has 0 atom stereocenters. The Balaban J connectivity index is 1.93. The van der Waals surface area contributed by atoms with Gasteiger partial charge in [0.25, 0.3) is 0 Å². The van der Waals surface area contributed by atoms with Crippen LogP contribution in [0.4, 0.5) is 4.39 Å². The lowest BCUT2D eigenvalue weighted by molar-refractivity contribution is -0.148. The monoisotopic (exact) mass is 322 g/mol.